The first kappa shape index (κ1) is 20.0. The molecule has 2 aliphatic rings. The summed E-state index contributed by atoms with van der Waals surface area (Å²) in [5, 5.41) is 2.90. The topological polar surface area (TPSA) is 72.2 Å². The van der Waals surface area contributed by atoms with Crippen molar-refractivity contribution in [1.82, 2.24) is 5.32 Å². The lowest BCUT2D eigenvalue weighted by Crippen LogP contribution is -2.49. The molecule has 0 bridgehead atoms. The van der Waals surface area contributed by atoms with Gasteiger partial charge in [-0.1, -0.05) is 52.3 Å². The van der Waals surface area contributed by atoms with Gasteiger partial charge in [-0.15, -0.1) is 0 Å². The van der Waals surface area contributed by atoms with Crippen molar-refractivity contribution in [1.29, 1.82) is 0 Å². The minimum atomic E-state index is -1.37. The summed E-state index contributed by atoms with van der Waals surface area (Å²) >= 11 is 4.52. The van der Waals surface area contributed by atoms with Crippen molar-refractivity contribution in [3.8, 4) is 0 Å². The van der Waals surface area contributed by atoms with Crippen LogP contribution in [0.4, 0.5) is 0 Å². The average Bonchev–Trinajstić information content (AvgIpc) is 2.73. The maximum absolute atomic E-state index is 13.0. The lowest BCUT2D eigenvalue weighted by Gasteiger charge is -2.29. The van der Waals surface area contributed by atoms with Crippen LogP contribution in [0.25, 0.3) is 0 Å². The number of ketones is 1. The van der Waals surface area contributed by atoms with Crippen molar-refractivity contribution in [2.75, 3.05) is 6.54 Å². The highest BCUT2D eigenvalue weighted by Gasteiger charge is 2.61. The first-order valence-corrected chi connectivity index (χ1v) is 9.04. The summed E-state index contributed by atoms with van der Waals surface area (Å²) in [4.78, 5) is 25.6. The third-order valence-corrected chi connectivity index (χ3v) is 5.09. The van der Waals surface area contributed by atoms with E-state index in [0.29, 0.717) is 30.9 Å². The van der Waals surface area contributed by atoms with Crippen LogP contribution in [0, 0.1) is 5.92 Å². The second-order valence-corrected chi connectivity index (χ2v) is 6.77. The molecule has 0 saturated carbocycles. The number of amides is 1. The molecule has 0 aromatic heterocycles. The van der Waals surface area contributed by atoms with Crippen molar-refractivity contribution < 1.29 is 9.59 Å². The van der Waals surface area contributed by atoms with E-state index in [4.69, 9.17) is 5.73 Å². The molecule has 4 nitrogen and oxygen atoms in total. The normalized spacial score (nSPS) is 33.0. The molecule has 1 fully saturated rings. The number of nitrogens with two attached hydrogens (primary N) is 1. The molecule has 1 amide bonds. The largest absolute Gasteiger partial charge is 0.342 e. The molecule has 1 aliphatic heterocycles. The predicted molar refractivity (Wildman–Crippen MR) is 98.5 cm³/mol. The van der Waals surface area contributed by atoms with Crippen LogP contribution in [0.5, 0.6) is 0 Å². The van der Waals surface area contributed by atoms with E-state index in [1.807, 2.05) is 39.0 Å². The molecule has 130 valence electrons. The van der Waals surface area contributed by atoms with Gasteiger partial charge >= 0.3 is 0 Å². The summed E-state index contributed by atoms with van der Waals surface area (Å²) < 4.78 is -1.37. The second kappa shape index (κ2) is 8.15. The summed E-state index contributed by atoms with van der Waals surface area (Å²) in [7, 11) is 0. The zero-order chi connectivity index (χ0) is 17.7. The van der Waals surface area contributed by atoms with Gasteiger partial charge in [0.25, 0.3) is 0 Å². The fourth-order valence-corrected chi connectivity index (χ4v) is 3.66. The van der Waals surface area contributed by atoms with Crippen LogP contribution in [0.3, 0.4) is 0 Å². The second-order valence-electron chi connectivity index (χ2n) is 6.10. The fraction of sp³-hybridized carbons (Fsp3) is 0.667. The lowest BCUT2D eigenvalue weighted by molar-refractivity contribution is -0.125. The van der Waals surface area contributed by atoms with Gasteiger partial charge in [-0.25, -0.2) is 0 Å². The van der Waals surface area contributed by atoms with E-state index in [2.05, 4.69) is 24.9 Å². The molecule has 0 spiro atoms. The van der Waals surface area contributed by atoms with Crippen molar-refractivity contribution >= 4 is 24.3 Å². The quantitative estimate of drug-likeness (QED) is 0.533. The van der Waals surface area contributed by atoms with Crippen LogP contribution in [0.15, 0.2) is 23.8 Å². The van der Waals surface area contributed by atoms with E-state index in [-0.39, 0.29) is 11.7 Å². The molecule has 3 N–H and O–H groups in total. The van der Waals surface area contributed by atoms with E-state index in [1.165, 1.54) is 0 Å². The zero-order valence-corrected chi connectivity index (χ0v) is 15.6. The molecule has 0 aromatic carbocycles. The van der Waals surface area contributed by atoms with Crippen molar-refractivity contribution in [2.45, 2.75) is 63.7 Å². The Bertz CT molecular complexity index is 507. The SMILES string of the molecule is CC.CCCC1(CCN)NC(=O)C(S)(C2=CCC(C)C=C2)C1=O. The van der Waals surface area contributed by atoms with Crippen LogP contribution in [0.1, 0.15) is 53.4 Å². The minimum Gasteiger partial charge on any atom is -0.342 e. The predicted octanol–water partition coefficient (Wildman–Crippen LogP) is 2.79. The van der Waals surface area contributed by atoms with Gasteiger partial charge in [0.05, 0.1) is 0 Å². The standard InChI is InChI=1S/C16H24N2O2S.C2H6/c1-3-8-15(9-10-17)13(19)16(21,14(20)18-15)12-6-4-11(2)5-7-12;1-2/h4,6-7,11,21H,3,5,8-10,17H2,1-2H3,(H,18,20);1-2H3. The van der Waals surface area contributed by atoms with Gasteiger partial charge in [0, 0.05) is 0 Å². The number of hydrogen-bond acceptors (Lipinski definition) is 4. The number of thiol groups is 1. The fourth-order valence-electron chi connectivity index (χ4n) is 3.22. The number of nitrogens with one attached hydrogen (secondary N) is 1. The number of Topliss-reactive ketones (excluding diaryl/α,β-unsaturated/α-hetero) is 1. The number of allylic oxidation sites excluding steroid dienone is 3. The molecule has 5 heteroatoms. The van der Waals surface area contributed by atoms with Crippen LogP contribution < -0.4 is 11.1 Å². The average molecular weight is 339 g/mol. The van der Waals surface area contributed by atoms with Gasteiger partial charge in [0.2, 0.25) is 5.91 Å². The Morgan fingerprint density at radius 3 is 2.48 bits per heavy atom. The zero-order valence-electron chi connectivity index (χ0n) is 14.7. The van der Waals surface area contributed by atoms with Crippen molar-refractivity contribution in [2.24, 2.45) is 11.7 Å². The highest BCUT2D eigenvalue weighted by Crippen LogP contribution is 2.41. The molecule has 1 heterocycles. The Balaban J connectivity index is 0.00000127. The Kier molecular flexibility index (Phi) is 7.08. The van der Waals surface area contributed by atoms with Crippen LogP contribution in [-0.4, -0.2) is 28.5 Å². The van der Waals surface area contributed by atoms with Crippen LogP contribution in [-0.2, 0) is 9.59 Å². The number of rotatable bonds is 5. The third-order valence-electron chi connectivity index (χ3n) is 4.42. The maximum atomic E-state index is 13.0. The maximum Gasteiger partial charge on any atom is 0.249 e. The lowest BCUT2D eigenvalue weighted by atomic mass is 9.79. The van der Waals surface area contributed by atoms with E-state index in [1.54, 1.807) is 0 Å². The summed E-state index contributed by atoms with van der Waals surface area (Å²) in [6.45, 7) is 8.46. The summed E-state index contributed by atoms with van der Waals surface area (Å²) in [6.07, 6.45) is 8.54. The summed E-state index contributed by atoms with van der Waals surface area (Å²) in [5.74, 6) is -0.0426. The first-order valence-electron chi connectivity index (χ1n) is 8.59. The first-order chi connectivity index (χ1) is 10.9. The van der Waals surface area contributed by atoms with Gasteiger partial charge in [0.15, 0.2) is 10.5 Å². The summed E-state index contributed by atoms with van der Waals surface area (Å²) in [5.41, 5.74) is 5.49. The van der Waals surface area contributed by atoms with Crippen molar-refractivity contribution in [3.05, 3.63) is 23.8 Å². The highest BCUT2D eigenvalue weighted by molar-refractivity contribution is 7.84. The molecule has 1 aliphatic carbocycles. The molecule has 1 saturated heterocycles. The molecule has 3 unspecified atom stereocenters. The van der Waals surface area contributed by atoms with Crippen LogP contribution in [0.2, 0.25) is 0 Å². The number of carbonyl (C=O) groups is 2. The van der Waals surface area contributed by atoms with Crippen LogP contribution >= 0.6 is 12.6 Å². The van der Waals surface area contributed by atoms with Gasteiger partial charge in [-0.3, -0.25) is 9.59 Å². The molecular weight excluding hydrogens is 308 g/mol. The number of hydrogen-bond donors (Lipinski definition) is 3. The monoisotopic (exact) mass is 338 g/mol. The minimum absolute atomic E-state index is 0.152. The molecule has 3 atom stereocenters. The Morgan fingerprint density at radius 2 is 2.00 bits per heavy atom. The van der Waals surface area contributed by atoms with Crippen molar-refractivity contribution in [3.63, 3.8) is 0 Å². The summed E-state index contributed by atoms with van der Waals surface area (Å²) in [6, 6.07) is 0. The Labute approximate surface area is 145 Å². The third kappa shape index (κ3) is 3.56. The van der Waals surface area contributed by atoms with Gasteiger partial charge < -0.3 is 11.1 Å². The number of carbonyl (C=O) groups excluding carboxylic acids is 2. The van der Waals surface area contributed by atoms with E-state index in [9.17, 15) is 9.59 Å². The Morgan fingerprint density at radius 1 is 1.35 bits per heavy atom. The molecule has 23 heavy (non-hydrogen) atoms. The smallest absolute Gasteiger partial charge is 0.249 e. The van der Waals surface area contributed by atoms with E-state index in [0.717, 1.165) is 12.8 Å². The van der Waals surface area contributed by atoms with E-state index < -0.39 is 10.3 Å². The van der Waals surface area contributed by atoms with Gasteiger partial charge in [0.1, 0.15) is 5.54 Å². The van der Waals surface area contributed by atoms with Gasteiger partial charge in [-0.2, -0.15) is 12.6 Å². The van der Waals surface area contributed by atoms with E-state index >= 15 is 0 Å². The Hall–Kier alpha value is -1.07. The van der Waals surface area contributed by atoms with Gasteiger partial charge in [-0.05, 0) is 37.3 Å². The molecule has 0 radical (unpaired) electrons. The molecule has 0 aromatic rings. The molecular formula is C18H30N2O2S. The molecule has 2 rings (SSSR count). The highest BCUT2D eigenvalue weighted by atomic mass is 32.1.